The molecule has 5 N–H and O–H groups in total. The number of rotatable bonds is 2. The largest absolute Gasteiger partial charge is 0.507 e. The van der Waals surface area contributed by atoms with Crippen molar-refractivity contribution < 1.29 is 35.1 Å². The third kappa shape index (κ3) is 2.44. The monoisotopic (exact) mass is 364 g/mol. The van der Waals surface area contributed by atoms with E-state index in [0.717, 1.165) is 12.1 Å². The molecule has 0 heterocycles. The van der Waals surface area contributed by atoms with E-state index in [1.165, 1.54) is 13.0 Å². The Morgan fingerprint density at radius 3 is 2.08 bits per heavy atom. The highest BCUT2D eigenvalue weighted by atomic mass is 35.5. The Balaban J connectivity index is 2.29. The molecule has 0 saturated carbocycles. The molecule has 0 amide bonds. The molecule has 0 aliphatic heterocycles. The Bertz CT molecular complexity index is 933. The van der Waals surface area contributed by atoms with E-state index in [4.69, 9.17) is 11.6 Å². The molecule has 25 heavy (non-hydrogen) atoms. The third-order valence-corrected chi connectivity index (χ3v) is 4.47. The van der Waals surface area contributed by atoms with Crippen LogP contribution in [-0.2, 0) is 0 Å². The van der Waals surface area contributed by atoms with Crippen LogP contribution in [0, 0.1) is 0 Å². The summed E-state index contributed by atoms with van der Waals surface area (Å²) in [7, 11) is 0. The van der Waals surface area contributed by atoms with Crippen LogP contribution >= 0.6 is 11.6 Å². The average Bonchev–Trinajstić information content (AvgIpc) is 2.55. The normalized spacial score (nSPS) is 15.5. The number of halogens is 1. The molecule has 1 aliphatic rings. The first-order chi connectivity index (χ1) is 11.6. The Morgan fingerprint density at radius 1 is 0.880 bits per heavy atom. The van der Waals surface area contributed by atoms with Crippen molar-refractivity contribution >= 4 is 23.2 Å². The second-order valence-electron chi connectivity index (χ2n) is 5.79. The highest BCUT2D eigenvalue weighted by molar-refractivity contribution is 6.37. The highest BCUT2D eigenvalue weighted by Crippen LogP contribution is 2.44. The summed E-state index contributed by atoms with van der Waals surface area (Å²) in [4.78, 5) is 25.3. The summed E-state index contributed by atoms with van der Waals surface area (Å²) in [5, 5.41) is 48.8. The number of carbonyl (C=O) groups is 2. The molecule has 1 aliphatic carbocycles. The smallest absolute Gasteiger partial charge is 0.202 e. The number of carbonyl (C=O) groups excluding carboxylic acids is 2. The predicted octanol–water partition coefficient (Wildman–Crippen LogP) is 1.65. The zero-order chi connectivity index (χ0) is 18.6. The lowest BCUT2D eigenvalue weighted by molar-refractivity contribution is 0.0303. The molecule has 7 nitrogen and oxygen atoms in total. The van der Waals surface area contributed by atoms with Crippen molar-refractivity contribution in [3.8, 4) is 17.2 Å². The lowest BCUT2D eigenvalue weighted by Gasteiger charge is -2.22. The molecule has 2 aromatic rings. The molecule has 0 fully saturated rings. The van der Waals surface area contributed by atoms with E-state index in [1.54, 1.807) is 0 Å². The molecule has 0 bridgehead atoms. The number of benzene rings is 2. The van der Waals surface area contributed by atoms with Crippen LogP contribution < -0.4 is 0 Å². The molecule has 2 aromatic carbocycles. The van der Waals surface area contributed by atoms with Crippen LogP contribution in [0.1, 0.15) is 50.4 Å². The first-order valence-electron chi connectivity index (χ1n) is 7.22. The van der Waals surface area contributed by atoms with Crippen molar-refractivity contribution in [2.24, 2.45) is 0 Å². The van der Waals surface area contributed by atoms with Crippen molar-refractivity contribution in [1.82, 2.24) is 0 Å². The van der Waals surface area contributed by atoms with Crippen molar-refractivity contribution in [3.63, 3.8) is 0 Å². The van der Waals surface area contributed by atoms with Gasteiger partial charge in [0.25, 0.3) is 0 Å². The average molecular weight is 365 g/mol. The summed E-state index contributed by atoms with van der Waals surface area (Å²) >= 11 is 5.71. The molecule has 2 atom stereocenters. The number of phenolic OH excluding ortho intramolecular Hbond substituents is 3. The van der Waals surface area contributed by atoms with Gasteiger partial charge in [-0.2, -0.15) is 0 Å². The van der Waals surface area contributed by atoms with E-state index in [-0.39, 0.29) is 22.3 Å². The zero-order valence-electron chi connectivity index (χ0n) is 12.8. The van der Waals surface area contributed by atoms with Crippen LogP contribution in [-0.4, -0.2) is 43.2 Å². The van der Waals surface area contributed by atoms with Gasteiger partial charge in [-0.15, -0.1) is 0 Å². The Kier molecular flexibility index (Phi) is 3.95. The van der Waals surface area contributed by atoms with Crippen LogP contribution in [0.15, 0.2) is 18.2 Å². The van der Waals surface area contributed by atoms with E-state index in [0.29, 0.717) is 0 Å². The number of hydrogen-bond acceptors (Lipinski definition) is 7. The van der Waals surface area contributed by atoms with Gasteiger partial charge in [-0.3, -0.25) is 9.59 Å². The fourth-order valence-electron chi connectivity index (χ4n) is 2.83. The van der Waals surface area contributed by atoms with Gasteiger partial charge in [-0.05, 0) is 30.7 Å². The number of aliphatic hydroxyl groups is 2. The second kappa shape index (κ2) is 5.73. The van der Waals surface area contributed by atoms with Crippen LogP contribution in [0.2, 0.25) is 5.02 Å². The van der Waals surface area contributed by atoms with Gasteiger partial charge in [0, 0.05) is 11.1 Å². The van der Waals surface area contributed by atoms with E-state index >= 15 is 0 Å². The van der Waals surface area contributed by atoms with E-state index < -0.39 is 51.6 Å². The summed E-state index contributed by atoms with van der Waals surface area (Å²) in [6, 6.07) is 3.19. The molecule has 0 spiro atoms. The predicted molar refractivity (Wildman–Crippen MR) is 86.4 cm³/mol. The number of aliphatic hydroxyl groups excluding tert-OH is 2. The lowest BCUT2D eigenvalue weighted by Crippen LogP contribution is -2.23. The SMILES string of the molecule is C[C@@H](O)[C@@H](O)c1cc(O)c2c(c1)C(=O)c1cc(O)c(Cl)c(O)c1C2=O. The minimum Gasteiger partial charge on any atom is -0.507 e. The van der Waals surface area contributed by atoms with Gasteiger partial charge in [-0.25, -0.2) is 0 Å². The van der Waals surface area contributed by atoms with Crippen LogP contribution in [0.4, 0.5) is 0 Å². The minimum atomic E-state index is -1.38. The van der Waals surface area contributed by atoms with Crippen molar-refractivity contribution in [3.05, 3.63) is 51.0 Å². The minimum absolute atomic E-state index is 0.0401. The third-order valence-electron chi connectivity index (χ3n) is 4.10. The van der Waals surface area contributed by atoms with Crippen LogP contribution in [0.3, 0.4) is 0 Å². The summed E-state index contributed by atoms with van der Waals surface area (Å²) in [5.74, 6) is -3.51. The summed E-state index contributed by atoms with van der Waals surface area (Å²) in [5.41, 5.74) is -1.22. The number of hydrogen-bond donors (Lipinski definition) is 5. The Morgan fingerprint density at radius 2 is 1.48 bits per heavy atom. The van der Waals surface area contributed by atoms with Crippen molar-refractivity contribution in [2.45, 2.75) is 19.1 Å². The van der Waals surface area contributed by atoms with Gasteiger partial charge in [0.2, 0.25) is 5.78 Å². The van der Waals surface area contributed by atoms with E-state index in [2.05, 4.69) is 0 Å². The molecule has 0 aromatic heterocycles. The molecule has 0 radical (unpaired) electrons. The van der Waals surface area contributed by atoms with Crippen molar-refractivity contribution in [1.29, 1.82) is 0 Å². The Hall–Kier alpha value is -2.61. The van der Waals surface area contributed by atoms with Crippen LogP contribution in [0.25, 0.3) is 0 Å². The zero-order valence-corrected chi connectivity index (χ0v) is 13.6. The van der Waals surface area contributed by atoms with Gasteiger partial charge in [-0.1, -0.05) is 11.6 Å². The fraction of sp³-hybridized carbons (Fsp3) is 0.176. The maximum absolute atomic E-state index is 12.7. The number of fused-ring (bicyclic) bond motifs is 2. The van der Waals surface area contributed by atoms with Gasteiger partial charge >= 0.3 is 0 Å². The molecule has 0 unspecified atom stereocenters. The van der Waals surface area contributed by atoms with E-state index in [9.17, 15) is 35.1 Å². The molecule has 3 rings (SSSR count). The van der Waals surface area contributed by atoms with Gasteiger partial charge in [0.05, 0.1) is 17.2 Å². The summed E-state index contributed by atoms with van der Waals surface area (Å²) < 4.78 is 0. The van der Waals surface area contributed by atoms with Crippen LogP contribution in [0.5, 0.6) is 17.2 Å². The van der Waals surface area contributed by atoms with Gasteiger partial charge < -0.3 is 25.5 Å². The molecular formula is C17H13ClO7. The maximum atomic E-state index is 12.7. The lowest BCUT2D eigenvalue weighted by atomic mass is 9.81. The standard InChI is InChI=1S/C17H13ClO7/c1-5(19)14(22)6-2-7-11(9(20)3-6)16(24)12-8(15(7)23)4-10(21)13(18)17(12)25/h2-5,14,19-22,25H,1H3/t5-,14-/m1/s1. The molecular weight excluding hydrogens is 352 g/mol. The highest BCUT2D eigenvalue weighted by Gasteiger charge is 2.37. The fourth-order valence-corrected chi connectivity index (χ4v) is 2.97. The summed E-state index contributed by atoms with van der Waals surface area (Å²) in [6.45, 7) is 1.32. The Labute approximate surface area is 146 Å². The molecule has 0 saturated heterocycles. The quantitative estimate of drug-likeness (QED) is 0.466. The van der Waals surface area contributed by atoms with Gasteiger partial charge in [0.1, 0.15) is 28.4 Å². The van der Waals surface area contributed by atoms with E-state index in [1.807, 2.05) is 0 Å². The number of ketones is 2. The first-order valence-corrected chi connectivity index (χ1v) is 7.59. The maximum Gasteiger partial charge on any atom is 0.202 e. The summed E-state index contributed by atoms with van der Waals surface area (Å²) in [6.07, 6.45) is -2.56. The molecule has 8 heteroatoms. The van der Waals surface area contributed by atoms with Crippen molar-refractivity contribution in [2.75, 3.05) is 0 Å². The number of aromatic hydroxyl groups is 3. The second-order valence-corrected chi connectivity index (χ2v) is 6.17. The van der Waals surface area contributed by atoms with Gasteiger partial charge in [0.15, 0.2) is 5.78 Å². The first kappa shape index (κ1) is 17.2. The number of phenols is 3. The topological polar surface area (TPSA) is 135 Å². The molecule has 130 valence electrons.